The van der Waals surface area contributed by atoms with Gasteiger partial charge in [-0.05, 0) is 31.7 Å². The van der Waals surface area contributed by atoms with Gasteiger partial charge in [0.1, 0.15) is 0 Å². The lowest BCUT2D eigenvalue weighted by molar-refractivity contribution is 0.0869. The molecular weight excluding hydrogens is 210 g/mol. The fourth-order valence-corrected chi connectivity index (χ4v) is 3.23. The maximum absolute atomic E-state index is 5.92. The Labute approximate surface area is 103 Å². The van der Waals surface area contributed by atoms with Crippen LogP contribution in [0.4, 0.5) is 0 Å². The van der Waals surface area contributed by atoms with Gasteiger partial charge >= 0.3 is 0 Å². The average Bonchev–Trinajstić information content (AvgIpc) is 2.99. The highest BCUT2D eigenvalue weighted by Crippen LogP contribution is 2.40. The van der Waals surface area contributed by atoms with Crippen LogP contribution in [0.1, 0.15) is 31.7 Å². The number of hydrogen-bond donors (Lipinski definition) is 1. The number of rotatable bonds is 4. The van der Waals surface area contributed by atoms with Gasteiger partial charge in [0, 0.05) is 18.5 Å². The van der Waals surface area contributed by atoms with Gasteiger partial charge in [-0.25, -0.2) is 0 Å². The van der Waals surface area contributed by atoms with E-state index >= 15 is 0 Å². The van der Waals surface area contributed by atoms with Crippen LogP contribution in [0.3, 0.4) is 0 Å². The Morgan fingerprint density at radius 3 is 2.76 bits per heavy atom. The van der Waals surface area contributed by atoms with E-state index in [0.29, 0.717) is 18.2 Å². The molecule has 2 nitrogen and oxygen atoms in total. The zero-order valence-corrected chi connectivity index (χ0v) is 10.4. The molecule has 4 unspecified atom stereocenters. The molecule has 0 spiro atoms. The second-order valence-electron chi connectivity index (χ2n) is 5.43. The highest BCUT2D eigenvalue weighted by atomic mass is 16.5. The summed E-state index contributed by atoms with van der Waals surface area (Å²) in [6.07, 6.45) is 4.90. The van der Waals surface area contributed by atoms with Gasteiger partial charge in [0.25, 0.3) is 0 Å². The summed E-state index contributed by atoms with van der Waals surface area (Å²) in [6.45, 7) is 3.27. The number of hydrogen-bond acceptors (Lipinski definition) is 2. The zero-order chi connectivity index (χ0) is 11.7. The molecule has 2 heteroatoms. The van der Waals surface area contributed by atoms with Crippen molar-refractivity contribution in [3.8, 4) is 0 Å². The van der Waals surface area contributed by atoms with E-state index in [9.17, 15) is 0 Å². The van der Waals surface area contributed by atoms with Crippen LogP contribution in [0.5, 0.6) is 0 Å². The molecule has 2 heterocycles. The molecule has 3 rings (SSSR count). The van der Waals surface area contributed by atoms with Crippen LogP contribution in [0.25, 0.3) is 0 Å². The van der Waals surface area contributed by atoms with Crippen molar-refractivity contribution in [3.63, 3.8) is 0 Å². The second kappa shape index (κ2) is 4.79. The minimum Gasteiger partial charge on any atom is -0.375 e. The number of fused-ring (bicyclic) bond motifs is 2. The van der Waals surface area contributed by atoms with Crippen molar-refractivity contribution < 1.29 is 4.74 Å². The third-order valence-corrected chi connectivity index (χ3v) is 4.27. The molecule has 4 atom stereocenters. The van der Waals surface area contributed by atoms with E-state index < -0.39 is 0 Å². The summed E-state index contributed by atoms with van der Waals surface area (Å²) >= 11 is 0. The van der Waals surface area contributed by atoms with Crippen LogP contribution >= 0.6 is 0 Å². The van der Waals surface area contributed by atoms with Gasteiger partial charge in [-0.15, -0.1) is 0 Å². The Kier molecular flexibility index (Phi) is 3.17. The molecule has 0 saturated carbocycles. The zero-order valence-electron chi connectivity index (χ0n) is 10.4. The predicted molar refractivity (Wildman–Crippen MR) is 68.7 cm³/mol. The maximum Gasteiger partial charge on any atom is 0.0623 e. The number of nitrogens with one attached hydrogen (secondary N) is 1. The molecule has 1 N–H and O–H groups in total. The first-order valence-corrected chi connectivity index (χ1v) is 6.75. The van der Waals surface area contributed by atoms with E-state index in [1.54, 1.807) is 0 Å². The molecule has 92 valence electrons. The molecule has 2 bridgehead atoms. The fourth-order valence-electron chi connectivity index (χ4n) is 3.23. The van der Waals surface area contributed by atoms with E-state index in [1.807, 2.05) is 0 Å². The third kappa shape index (κ3) is 2.38. The summed E-state index contributed by atoms with van der Waals surface area (Å²) in [5, 5.41) is 3.65. The number of ether oxygens (including phenoxy) is 1. The van der Waals surface area contributed by atoms with Crippen LogP contribution in [-0.4, -0.2) is 18.2 Å². The van der Waals surface area contributed by atoms with Crippen LogP contribution in [0.2, 0.25) is 0 Å². The van der Waals surface area contributed by atoms with Crippen LogP contribution in [-0.2, 0) is 11.3 Å². The van der Waals surface area contributed by atoms with E-state index in [0.717, 1.165) is 12.5 Å². The third-order valence-electron chi connectivity index (χ3n) is 4.27. The topological polar surface area (TPSA) is 21.3 Å². The van der Waals surface area contributed by atoms with Crippen molar-refractivity contribution in [2.75, 3.05) is 0 Å². The average molecular weight is 231 g/mol. The van der Waals surface area contributed by atoms with Gasteiger partial charge in [0.2, 0.25) is 0 Å². The smallest absolute Gasteiger partial charge is 0.0623 e. The molecule has 0 aliphatic carbocycles. The SMILES string of the molecule is CC(NCc1ccccc1)C1CC2CCC1O2. The van der Waals surface area contributed by atoms with Crippen LogP contribution in [0, 0.1) is 5.92 Å². The van der Waals surface area contributed by atoms with Crippen molar-refractivity contribution in [2.24, 2.45) is 5.92 Å². The van der Waals surface area contributed by atoms with Crippen molar-refractivity contribution in [1.29, 1.82) is 0 Å². The van der Waals surface area contributed by atoms with Gasteiger partial charge in [0.05, 0.1) is 12.2 Å². The molecule has 2 aliphatic heterocycles. The van der Waals surface area contributed by atoms with E-state index in [2.05, 4.69) is 42.6 Å². The van der Waals surface area contributed by atoms with Crippen molar-refractivity contribution in [2.45, 2.75) is 51.0 Å². The van der Waals surface area contributed by atoms with E-state index in [1.165, 1.54) is 24.8 Å². The predicted octanol–water partition coefficient (Wildman–Crippen LogP) is 2.73. The standard InChI is InChI=1S/C15H21NO/c1-11(14-9-13-7-8-15(14)17-13)16-10-12-5-3-2-4-6-12/h2-6,11,13-16H,7-10H2,1H3. The Hall–Kier alpha value is -0.860. The van der Waals surface area contributed by atoms with Crippen LogP contribution in [0.15, 0.2) is 30.3 Å². The Morgan fingerprint density at radius 2 is 2.12 bits per heavy atom. The summed E-state index contributed by atoms with van der Waals surface area (Å²) in [7, 11) is 0. The summed E-state index contributed by atoms with van der Waals surface area (Å²) in [5.41, 5.74) is 1.36. The quantitative estimate of drug-likeness (QED) is 0.860. The lowest BCUT2D eigenvalue weighted by atomic mass is 9.84. The van der Waals surface area contributed by atoms with Crippen LogP contribution < -0.4 is 5.32 Å². The molecule has 2 aliphatic rings. The summed E-state index contributed by atoms with van der Waals surface area (Å²) < 4.78 is 5.92. The molecule has 0 aromatic heterocycles. The van der Waals surface area contributed by atoms with E-state index in [-0.39, 0.29) is 0 Å². The van der Waals surface area contributed by atoms with E-state index in [4.69, 9.17) is 4.74 Å². The van der Waals surface area contributed by atoms with Gasteiger partial charge in [-0.2, -0.15) is 0 Å². The molecule has 1 aromatic carbocycles. The van der Waals surface area contributed by atoms with Crippen molar-refractivity contribution >= 4 is 0 Å². The molecule has 2 fully saturated rings. The highest BCUT2D eigenvalue weighted by molar-refractivity contribution is 5.14. The lowest BCUT2D eigenvalue weighted by Crippen LogP contribution is -2.38. The normalized spacial score (nSPS) is 32.9. The molecule has 17 heavy (non-hydrogen) atoms. The summed E-state index contributed by atoms with van der Waals surface area (Å²) in [4.78, 5) is 0. The van der Waals surface area contributed by atoms with Crippen molar-refractivity contribution in [3.05, 3.63) is 35.9 Å². The Morgan fingerprint density at radius 1 is 1.29 bits per heavy atom. The largest absolute Gasteiger partial charge is 0.375 e. The lowest BCUT2D eigenvalue weighted by Gasteiger charge is -2.26. The molecule has 0 amide bonds. The monoisotopic (exact) mass is 231 g/mol. The Bertz CT molecular complexity index is 364. The fraction of sp³-hybridized carbons (Fsp3) is 0.600. The molecule has 0 radical (unpaired) electrons. The number of benzene rings is 1. The summed E-state index contributed by atoms with van der Waals surface area (Å²) in [6, 6.07) is 11.2. The minimum atomic E-state index is 0.526. The Balaban J connectivity index is 1.52. The minimum absolute atomic E-state index is 0.526. The molecule has 2 saturated heterocycles. The van der Waals surface area contributed by atoms with Gasteiger partial charge < -0.3 is 10.1 Å². The molecule has 1 aromatic rings. The summed E-state index contributed by atoms with van der Waals surface area (Å²) in [5.74, 6) is 0.720. The first-order valence-electron chi connectivity index (χ1n) is 6.75. The van der Waals surface area contributed by atoms with Gasteiger partial charge in [-0.3, -0.25) is 0 Å². The van der Waals surface area contributed by atoms with Crippen molar-refractivity contribution in [1.82, 2.24) is 5.32 Å². The maximum atomic E-state index is 5.92. The van der Waals surface area contributed by atoms with Gasteiger partial charge in [-0.1, -0.05) is 30.3 Å². The first kappa shape index (κ1) is 11.2. The van der Waals surface area contributed by atoms with Gasteiger partial charge in [0.15, 0.2) is 0 Å². The highest BCUT2D eigenvalue weighted by Gasteiger charge is 2.42. The second-order valence-corrected chi connectivity index (χ2v) is 5.43. The first-order chi connectivity index (χ1) is 8.33. The molecular formula is C15H21NO.